The van der Waals surface area contributed by atoms with E-state index in [1.54, 1.807) is 0 Å². The molecular weight excluding hydrogens is 291 g/mol. The first-order chi connectivity index (χ1) is 8.95. The van der Waals surface area contributed by atoms with Gasteiger partial charge in [-0.2, -0.15) is 0 Å². The lowest BCUT2D eigenvalue weighted by molar-refractivity contribution is -0.139. The van der Waals surface area contributed by atoms with E-state index in [-0.39, 0.29) is 15.7 Å². The number of pyridine rings is 1. The number of carboxylic acid groups (broad SMARTS) is 1. The first kappa shape index (κ1) is 15.7. The van der Waals surface area contributed by atoms with E-state index in [0.29, 0.717) is 12.8 Å². The van der Waals surface area contributed by atoms with Gasteiger partial charge in [0.05, 0.1) is 10.6 Å². The minimum atomic E-state index is -1.07. The highest BCUT2D eigenvalue weighted by Crippen LogP contribution is 2.18. The molecule has 0 aromatic carbocycles. The summed E-state index contributed by atoms with van der Waals surface area (Å²) in [5.74, 6) is -1.64. The third-order valence-electron chi connectivity index (χ3n) is 2.52. The van der Waals surface area contributed by atoms with Gasteiger partial charge >= 0.3 is 5.97 Å². The fourth-order valence-electron chi connectivity index (χ4n) is 1.49. The number of aliphatic carboxylic acids is 1. The molecule has 1 atom stereocenters. The van der Waals surface area contributed by atoms with Crippen LogP contribution in [0.15, 0.2) is 12.3 Å². The zero-order chi connectivity index (χ0) is 14.4. The number of hydrogen-bond donors (Lipinski definition) is 2. The molecule has 1 heterocycles. The molecule has 0 fully saturated rings. The Labute approximate surface area is 120 Å². The smallest absolute Gasteiger partial charge is 0.326 e. The van der Waals surface area contributed by atoms with Gasteiger partial charge in [0.15, 0.2) is 0 Å². The van der Waals surface area contributed by atoms with Gasteiger partial charge in [0.1, 0.15) is 11.2 Å². The second kappa shape index (κ2) is 7.31. The number of unbranched alkanes of at least 4 members (excludes halogenated alkanes) is 1. The van der Waals surface area contributed by atoms with Crippen molar-refractivity contribution in [3.63, 3.8) is 0 Å². The van der Waals surface area contributed by atoms with Crippen molar-refractivity contribution in [3.8, 4) is 0 Å². The fraction of sp³-hybridized carbons (Fsp3) is 0.417. The summed E-state index contributed by atoms with van der Waals surface area (Å²) in [6.07, 6.45) is 3.18. The summed E-state index contributed by atoms with van der Waals surface area (Å²) in [6, 6.07) is 0.369. The molecule has 0 saturated carbocycles. The zero-order valence-electron chi connectivity index (χ0n) is 10.3. The van der Waals surface area contributed by atoms with Crippen LogP contribution >= 0.6 is 23.2 Å². The molecule has 0 radical (unpaired) electrons. The highest BCUT2D eigenvalue weighted by Gasteiger charge is 2.21. The molecule has 0 saturated heterocycles. The average Bonchev–Trinajstić information content (AvgIpc) is 2.36. The van der Waals surface area contributed by atoms with Crippen LogP contribution in [-0.4, -0.2) is 28.0 Å². The van der Waals surface area contributed by atoms with Gasteiger partial charge in [-0.15, -0.1) is 0 Å². The van der Waals surface area contributed by atoms with Crippen molar-refractivity contribution in [1.82, 2.24) is 10.3 Å². The predicted molar refractivity (Wildman–Crippen MR) is 72.7 cm³/mol. The van der Waals surface area contributed by atoms with Crippen LogP contribution in [0.1, 0.15) is 36.5 Å². The van der Waals surface area contributed by atoms with Crippen LogP contribution in [-0.2, 0) is 4.79 Å². The van der Waals surface area contributed by atoms with Crippen LogP contribution in [0.5, 0.6) is 0 Å². The molecule has 0 aliphatic heterocycles. The summed E-state index contributed by atoms with van der Waals surface area (Å²) < 4.78 is 0. The van der Waals surface area contributed by atoms with Crippen molar-refractivity contribution in [3.05, 3.63) is 28.0 Å². The minimum absolute atomic E-state index is 0.115. The second-order valence-electron chi connectivity index (χ2n) is 3.99. The summed E-state index contributed by atoms with van der Waals surface area (Å²) in [6.45, 7) is 1.94. The number of halogens is 2. The summed E-state index contributed by atoms with van der Waals surface area (Å²) in [5, 5.41) is 11.7. The Morgan fingerprint density at radius 2 is 2.16 bits per heavy atom. The summed E-state index contributed by atoms with van der Waals surface area (Å²) in [5.41, 5.74) is 0.115. The zero-order valence-corrected chi connectivity index (χ0v) is 11.8. The number of carbonyl (C=O) groups is 2. The van der Waals surface area contributed by atoms with Crippen LogP contribution in [0.2, 0.25) is 10.2 Å². The SMILES string of the molecule is CCCC[C@H](NC(=O)c1cc(Cl)ncc1Cl)C(=O)O. The number of rotatable bonds is 6. The standard InChI is InChI=1S/C12H14Cl2N2O3/c1-2-3-4-9(12(18)19)16-11(17)7-5-10(14)15-6-8(7)13/h5-6,9H,2-4H2,1H3,(H,16,17)(H,18,19)/t9-/m0/s1. The monoisotopic (exact) mass is 304 g/mol. The number of nitrogens with one attached hydrogen (secondary N) is 1. The molecule has 0 bridgehead atoms. The number of hydrogen-bond acceptors (Lipinski definition) is 3. The average molecular weight is 305 g/mol. The Hall–Kier alpha value is -1.33. The van der Waals surface area contributed by atoms with E-state index in [4.69, 9.17) is 28.3 Å². The molecule has 5 nitrogen and oxygen atoms in total. The van der Waals surface area contributed by atoms with Crippen LogP contribution < -0.4 is 5.32 Å². The Bertz CT molecular complexity index is 480. The van der Waals surface area contributed by atoms with E-state index >= 15 is 0 Å². The lowest BCUT2D eigenvalue weighted by Crippen LogP contribution is -2.40. The fourth-order valence-corrected chi connectivity index (χ4v) is 1.84. The van der Waals surface area contributed by atoms with Crippen LogP contribution in [0.4, 0.5) is 0 Å². The van der Waals surface area contributed by atoms with Gasteiger partial charge in [-0.05, 0) is 12.5 Å². The van der Waals surface area contributed by atoms with Crippen molar-refractivity contribution in [2.75, 3.05) is 0 Å². The maximum absolute atomic E-state index is 12.0. The molecule has 1 aromatic heterocycles. The Kier molecular flexibility index (Phi) is 6.05. The molecule has 0 spiro atoms. The predicted octanol–water partition coefficient (Wildman–Crippen LogP) is 2.76. The van der Waals surface area contributed by atoms with Gasteiger partial charge < -0.3 is 10.4 Å². The molecule has 0 unspecified atom stereocenters. The van der Waals surface area contributed by atoms with Gasteiger partial charge in [0, 0.05) is 6.20 Å². The molecule has 2 N–H and O–H groups in total. The highest BCUT2D eigenvalue weighted by molar-refractivity contribution is 6.35. The molecular formula is C12H14Cl2N2O3. The van der Waals surface area contributed by atoms with E-state index < -0.39 is 17.9 Å². The third-order valence-corrected chi connectivity index (χ3v) is 3.02. The topological polar surface area (TPSA) is 79.3 Å². The van der Waals surface area contributed by atoms with Crippen molar-refractivity contribution < 1.29 is 14.7 Å². The lowest BCUT2D eigenvalue weighted by Gasteiger charge is -2.14. The molecule has 1 rings (SSSR count). The molecule has 1 amide bonds. The lowest BCUT2D eigenvalue weighted by atomic mass is 10.1. The van der Waals surface area contributed by atoms with E-state index in [0.717, 1.165) is 6.42 Å². The molecule has 19 heavy (non-hydrogen) atoms. The second-order valence-corrected chi connectivity index (χ2v) is 4.79. The summed E-state index contributed by atoms with van der Waals surface area (Å²) >= 11 is 11.5. The summed E-state index contributed by atoms with van der Waals surface area (Å²) in [4.78, 5) is 26.7. The largest absolute Gasteiger partial charge is 0.480 e. The molecule has 0 aliphatic rings. The number of aromatic nitrogens is 1. The number of carbonyl (C=O) groups excluding carboxylic acids is 1. The Morgan fingerprint density at radius 3 is 2.74 bits per heavy atom. The van der Waals surface area contributed by atoms with Gasteiger partial charge in [-0.3, -0.25) is 4.79 Å². The van der Waals surface area contributed by atoms with Crippen LogP contribution in [0.3, 0.4) is 0 Å². The minimum Gasteiger partial charge on any atom is -0.480 e. The van der Waals surface area contributed by atoms with Crippen molar-refractivity contribution >= 4 is 35.1 Å². The van der Waals surface area contributed by atoms with Gasteiger partial charge in [0.25, 0.3) is 5.91 Å². The maximum Gasteiger partial charge on any atom is 0.326 e. The van der Waals surface area contributed by atoms with Crippen molar-refractivity contribution in [2.24, 2.45) is 0 Å². The number of amides is 1. The van der Waals surface area contributed by atoms with E-state index in [1.807, 2.05) is 6.92 Å². The first-order valence-electron chi connectivity index (χ1n) is 5.80. The van der Waals surface area contributed by atoms with E-state index in [2.05, 4.69) is 10.3 Å². The van der Waals surface area contributed by atoms with Crippen LogP contribution in [0, 0.1) is 0 Å². The Balaban J connectivity index is 2.81. The highest BCUT2D eigenvalue weighted by atomic mass is 35.5. The van der Waals surface area contributed by atoms with Crippen molar-refractivity contribution in [2.45, 2.75) is 32.2 Å². The molecule has 7 heteroatoms. The number of carboxylic acids is 1. The van der Waals surface area contributed by atoms with Gasteiger partial charge in [-0.25, -0.2) is 9.78 Å². The molecule has 1 aromatic rings. The van der Waals surface area contributed by atoms with E-state index in [1.165, 1.54) is 12.3 Å². The third kappa shape index (κ3) is 4.69. The van der Waals surface area contributed by atoms with Crippen LogP contribution in [0.25, 0.3) is 0 Å². The molecule has 104 valence electrons. The molecule has 0 aliphatic carbocycles. The van der Waals surface area contributed by atoms with Gasteiger partial charge in [0.2, 0.25) is 0 Å². The summed E-state index contributed by atoms with van der Waals surface area (Å²) in [7, 11) is 0. The quantitative estimate of drug-likeness (QED) is 0.792. The normalized spacial score (nSPS) is 11.9. The van der Waals surface area contributed by atoms with E-state index in [9.17, 15) is 9.59 Å². The number of nitrogens with zero attached hydrogens (tertiary/aromatic N) is 1. The Morgan fingerprint density at radius 1 is 1.47 bits per heavy atom. The maximum atomic E-state index is 12.0. The van der Waals surface area contributed by atoms with Gasteiger partial charge in [-0.1, -0.05) is 43.0 Å². The van der Waals surface area contributed by atoms with Crippen molar-refractivity contribution in [1.29, 1.82) is 0 Å². The first-order valence-corrected chi connectivity index (χ1v) is 6.56.